The van der Waals surface area contributed by atoms with Crippen LogP contribution in [0.15, 0.2) is 29.0 Å². The zero-order valence-corrected chi connectivity index (χ0v) is 11.9. The number of thiazole rings is 1. The summed E-state index contributed by atoms with van der Waals surface area (Å²) < 4.78 is 5.04. The van der Waals surface area contributed by atoms with Crippen molar-refractivity contribution in [2.24, 2.45) is 0 Å². The first-order chi connectivity index (χ1) is 9.69. The number of nitrogens with one attached hydrogen (secondary N) is 2. The Morgan fingerprint density at radius 2 is 2.45 bits per heavy atom. The third-order valence-electron chi connectivity index (χ3n) is 2.60. The van der Waals surface area contributed by atoms with Crippen molar-refractivity contribution in [1.29, 1.82) is 0 Å². The number of urea groups is 1. The SMILES string of the molecule is CCCc1cnc(NC(=O)NCC(O)c2ccco2)s1. The standard InChI is InChI=1S/C13H17N3O3S/c1-2-4-9-7-15-13(20-9)16-12(18)14-8-10(17)11-5-3-6-19-11/h3,5-7,10,17H,2,4,8H2,1H3,(H2,14,15,16,18). The molecule has 2 rings (SSSR count). The van der Waals surface area contributed by atoms with E-state index in [9.17, 15) is 9.90 Å². The molecular formula is C13H17N3O3S. The van der Waals surface area contributed by atoms with Gasteiger partial charge in [0.15, 0.2) is 5.13 Å². The van der Waals surface area contributed by atoms with E-state index in [2.05, 4.69) is 22.5 Å². The summed E-state index contributed by atoms with van der Waals surface area (Å²) in [5, 5.41) is 15.5. The Morgan fingerprint density at radius 3 is 3.15 bits per heavy atom. The summed E-state index contributed by atoms with van der Waals surface area (Å²) in [4.78, 5) is 16.9. The van der Waals surface area contributed by atoms with E-state index in [1.54, 1.807) is 18.3 Å². The summed E-state index contributed by atoms with van der Waals surface area (Å²) in [5.41, 5.74) is 0. The normalized spacial score (nSPS) is 12.1. The highest BCUT2D eigenvalue weighted by Crippen LogP contribution is 2.19. The third-order valence-corrected chi connectivity index (χ3v) is 3.57. The molecule has 0 saturated heterocycles. The molecule has 20 heavy (non-hydrogen) atoms. The molecule has 0 aromatic carbocycles. The molecule has 2 heterocycles. The second-order valence-electron chi connectivity index (χ2n) is 4.25. The highest BCUT2D eigenvalue weighted by atomic mass is 32.1. The van der Waals surface area contributed by atoms with Gasteiger partial charge < -0.3 is 14.8 Å². The van der Waals surface area contributed by atoms with Gasteiger partial charge in [0.25, 0.3) is 0 Å². The Hall–Kier alpha value is -1.86. The van der Waals surface area contributed by atoms with Crippen LogP contribution in [0.4, 0.5) is 9.93 Å². The number of hydrogen-bond donors (Lipinski definition) is 3. The average Bonchev–Trinajstić information content (AvgIpc) is 3.08. The largest absolute Gasteiger partial charge is 0.467 e. The number of carbonyl (C=O) groups is 1. The Kier molecular flexibility index (Phi) is 5.14. The van der Waals surface area contributed by atoms with Crippen LogP contribution in [0.5, 0.6) is 0 Å². The van der Waals surface area contributed by atoms with E-state index < -0.39 is 12.1 Å². The van der Waals surface area contributed by atoms with Gasteiger partial charge in [0.2, 0.25) is 0 Å². The minimum absolute atomic E-state index is 0.0759. The summed E-state index contributed by atoms with van der Waals surface area (Å²) in [5.74, 6) is 0.421. The molecule has 2 aromatic rings. The van der Waals surface area contributed by atoms with E-state index in [0.717, 1.165) is 17.7 Å². The fraction of sp³-hybridized carbons (Fsp3) is 0.385. The van der Waals surface area contributed by atoms with Crippen molar-refractivity contribution < 1.29 is 14.3 Å². The van der Waals surface area contributed by atoms with E-state index >= 15 is 0 Å². The predicted molar refractivity (Wildman–Crippen MR) is 76.8 cm³/mol. The van der Waals surface area contributed by atoms with Crippen molar-refractivity contribution in [3.05, 3.63) is 35.2 Å². The summed E-state index contributed by atoms with van der Waals surface area (Å²) >= 11 is 1.45. The second kappa shape index (κ2) is 7.06. The molecule has 0 aliphatic heterocycles. The number of rotatable bonds is 6. The molecular weight excluding hydrogens is 278 g/mol. The molecule has 1 unspecified atom stereocenters. The lowest BCUT2D eigenvalue weighted by molar-refractivity contribution is 0.149. The van der Waals surface area contributed by atoms with Gasteiger partial charge >= 0.3 is 6.03 Å². The number of aliphatic hydroxyl groups excluding tert-OH is 1. The molecule has 0 aliphatic carbocycles. The summed E-state index contributed by atoms with van der Waals surface area (Å²) in [7, 11) is 0. The molecule has 6 nitrogen and oxygen atoms in total. The highest BCUT2D eigenvalue weighted by molar-refractivity contribution is 7.15. The van der Waals surface area contributed by atoms with Crippen LogP contribution in [0, 0.1) is 0 Å². The summed E-state index contributed by atoms with van der Waals surface area (Å²) in [6.07, 6.45) is 4.38. The van der Waals surface area contributed by atoms with Crippen molar-refractivity contribution in [1.82, 2.24) is 10.3 Å². The smallest absolute Gasteiger partial charge is 0.321 e. The van der Waals surface area contributed by atoms with Gasteiger partial charge in [0.05, 0.1) is 12.8 Å². The first-order valence-corrected chi connectivity index (χ1v) is 7.21. The molecule has 7 heteroatoms. The number of aryl methyl sites for hydroxylation is 1. The van der Waals surface area contributed by atoms with Crippen molar-refractivity contribution in [2.45, 2.75) is 25.9 Å². The maximum absolute atomic E-state index is 11.7. The topological polar surface area (TPSA) is 87.4 Å². The number of furan rings is 1. The van der Waals surface area contributed by atoms with Crippen LogP contribution in [0.25, 0.3) is 0 Å². The number of amides is 2. The van der Waals surface area contributed by atoms with Gasteiger partial charge in [-0.1, -0.05) is 13.3 Å². The fourth-order valence-corrected chi connectivity index (χ4v) is 2.55. The van der Waals surface area contributed by atoms with Gasteiger partial charge in [-0.15, -0.1) is 11.3 Å². The molecule has 0 aliphatic rings. The maximum Gasteiger partial charge on any atom is 0.321 e. The number of carbonyl (C=O) groups excluding carboxylic acids is 1. The van der Waals surface area contributed by atoms with Gasteiger partial charge in [0, 0.05) is 11.1 Å². The van der Waals surface area contributed by atoms with Gasteiger partial charge in [-0.05, 0) is 18.6 Å². The molecule has 2 aromatic heterocycles. The van der Waals surface area contributed by atoms with E-state index in [1.165, 1.54) is 17.6 Å². The number of anilines is 1. The van der Waals surface area contributed by atoms with Gasteiger partial charge in [-0.2, -0.15) is 0 Å². The Labute approximate surface area is 120 Å². The zero-order valence-electron chi connectivity index (χ0n) is 11.1. The van der Waals surface area contributed by atoms with Crippen molar-refractivity contribution in [2.75, 3.05) is 11.9 Å². The number of hydrogen-bond acceptors (Lipinski definition) is 5. The van der Waals surface area contributed by atoms with Crippen molar-refractivity contribution in [3.63, 3.8) is 0 Å². The third kappa shape index (κ3) is 4.07. The van der Waals surface area contributed by atoms with Crippen LogP contribution < -0.4 is 10.6 Å². The zero-order chi connectivity index (χ0) is 14.4. The van der Waals surface area contributed by atoms with Crippen LogP contribution in [-0.2, 0) is 6.42 Å². The molecule has 108 valence electrons. The molecule has 0 radical (unpaired) electrons. The van der Waals surface area contributed by atoms with Crippen molar-refractivity contribution >= 4 is 22.5 Å². The lowest BCUT2D eigenvalue weighted by Gasteiger charge is -2.09. The molecule has 3 N–H and O–H groups in total. The second-order valence-corrected chi connectivity index (χ2v) is 5.36. The Bertz CT molecular complexity index is 539. The molecule has 2 amide bonds. The van der Waals surface area contributed by atoms with E-state index in [-0.39, 0.29) is 6.54 Å². The van der Waals surface area contributed by atoms with E-state index in [0.29, 0.717) is 10.9 Å². The quantitative estimate of drug-likeness (QED) is 0.764. The van der Waals surface area contributed by atoms with E-state index in [4.69, 9.17) is 4.42 Å². The number of aromatic nitrogens is 1. The number of aliphatic hydroxyl groups is 1. The van der Waals surface area contributed by atoms with Crippen molar-refractivity contribution in [3.8, 4) is 0 Å². The summed E-state index contributed by atoms with van der Waals surface area (Å²) in [6, 6.07) is 2.94. The molecule has 0 saturated carbocycles. The fourth-order valence-electron chi connectivity index (χ4n) is 1.64. The number of nitrogens with zero attached hydrogens (tertiary/aromatic N) is 1. The molecule has 0 fully saturated rings. The maximum atomic E-state index is 11.7. The molecule has 0 spiro atoms. The van der Waals surface area contributed by atoms with Crippen LogP contribution in [0.3, 0.4) is 0 Å². The average molecular weight is 295 g/mol. The summed E-state index contributed by atoms with van der Waals surface area (Å²) in [6.45, 7) is 2.17. The van der Waals surface area contributed by atoms with Gasteiger partial charge in [0.1, 0.15) is 11.9 Å². The van der Waals surface area contributed by atoms with Crippen LogP contribution >= 0.6 is 11.3 Å². The molecule has 0 bridgehead atoms. The first kappa shape index (κ1) is 14.5. The first-order valence-electron chi connectivity index (χ1n) is 6.40. The lowest BCUT2D eigenvalue weighted by Crippen LogP contribution is -2.32. The van der Waals surface area contributed by atoms with Gasteiger partial charge in [-0.25, -0.2) is 9.78 Å². The highest BCUT2D eigenvalue weighted by Gasteiger charge is 2.12. The van der Waals surface area contributed by atoms with Gasteiger partial charge in [-0.3, -0.25) is 5.32 Å². The van der Waals surface area contributed by atoms with Crippen LogP contribution in [-0.4, -0.2) is 22.7 Å². The monoisotopic (exact) mass is 295 g/mol. The minimum atomic E-state index is -0.859. The predicted octanol–water partition coefficient (Wildman–Crippen LogP) is 2.54. The van der Waals surface area contributed by atoms with E-state index in [1.807, 2.05) is 0 Å². The minimum Gasteiger partial charge on any atom is -0.467 e. The Balaban J connectivity index is 1.77. The molecule has 1 atom stereocenters. The van der Waals surface area contributed by atoms with Crippen LogP contribution in [0.1, 0.15) is 30.1 Å². The Morgan fingerprint density at radius 1 is 1.60 bits per heavy atom. The van der Waals surface area contributed by atoms with Crippen LogP contribution in [0.2, 0.25) is 0 Å². The lowest BCUT2D eigenvalue weighted by atomic mass is 10.3.